The van der Waals surface area contributed by atoms with Crippen LogP contribution in [-0.2, 0) is 4.74 Å². The zero-order chi connectivity index (χ0) is 13.1. The van der Waals surface area contributed by atoms with E-state index in [0.717, 1.165) is 30.9 Å². The Hall–Kier alpha value is -1.34. The molecular weight excluding hydrogens is 252 g/mol. The first-order valence-electron chi connectivity index (χ1n) is 6.05. The van der Waals surface area contributed by atoms with Crippen LogP contribution in [0.3, 0.4) is 0 Å². The summed E-state index contributed by atoms with van der Waals surface area (Å²) < 4.78 is 9.66. The van der Waals surface area contributed by atoms with Crippen LogP contribution in [0.15, 0.2) is 0 Å². The molecule has 1 aromatic rings. The summed E-state index contributed by atoms with van der Waals surface area (Å²) in [6.45, 7) is 4.33. The molecule has 7 heteroatoms. The minimum atomic E-state index is -0.519. The Morgan fingerprint density at radius 1 is 1.67 bits per heavy atom. The highest BCUT2D eigenvalue weighted by Gasteiger charge is 2.26. The largest absolute Gasteiger partial charge is 0.382 e. The van der Waals surface area contributed by atoms with Crippen molar-refractivity contribution in [2.75, 3.05) is 30.3 Å². The number of piperidine rings is 1. The molecule has 1 fully saturated rings. The maximum Gasteiger partial charge on any atom is 0.255 e. The van der Waals surface area contributed by atoms with Gasteiger partial charge >= 0.3 is 0 Å². The van der Waals surface area contributed by atoms with E-state index >= 15 is 0 Å². The van der Waals surface area contributed by atoms with Crippen LogP contribution in [-0.4, -0.2) is 36.1 Å². The van der Waals surface area contributed by atoms with Crippen molar-refractivity contribution in [3.63, 3.8) is 0 Å². The van der Waals surface area contributed by atoms with Crippen molar-refractivity contribution >= 4 is 28.3 Å². The summed E-state index contributed by atoms with van der Waals surface area (Å²) in [5.41, 5.74) is 11.4. The highest BCUT2D eigenvalue weighted by atomic mass is 32.1. The molecule has 1 aromatic heterocycles. The van der Waals surface area contributed by atoms with Gasteiger partial charge in [-0.05, 0) is 31.3 Å². The average molecular weight is 270 g/mol. The third-order valence-electron chi connectivity index (χ3n) is 3.01. The summed E-state index contributed by atoms with van der Waals surface area (Å²) in [6.07, 6.45) is 2.28. The van der Waals surface area contributed by atoms with Crippen molar-refractivity contribution in [3.05, 3.63) is 5.56 Å². The number of carbonyl (C=O) groups excluding carboxylic acids is 1. The van der Waals surface area contributed by atoms with Crippen LogP contribution in [0.1, 0.15) is 30.1 Å². The molecule has 100 valence electrons. The fraction of sp³-hybridized carbons (Fsp3) is 0.636. The predicted octanol–water partition coefficient (Wildman–Crippen LogP) is 0.830. The van der Waals surface area contributed by atoms with Gasteiger partial charge in [-0.15, -0.1) is 0 Å². The first-order chi connectivity index (χ1) is 8.63. The summed E-state index contributed by atoms with van der Waals surface area (Å²) in [4.78, 5) is 13.5. The highest BCUT2D eigenvalue weighted by molar-refractivity contribution is 7.11. The molecule has 0 aromatic carbocycles. The lowest BCUT2D eigenvalue weighted by atomic mass is 10.1. The Balaban J connectivity index is 2.18. The maximum atomic E-state index is 11.4. The molecule has 1 atom stereocenters. The number of carbonyl (C=O) groups is 1. The highest BCUT2D eigenvalue weighted by Crippen LogP contribution is 2.32. The molecular formula is C11H18N4O2S. The molecule has 0 bridgehead atoms. The Labute approximate surface area is 110 Å². The summed E-state index contributed by atoms with van der Waals surface area (Å²) in [6, 6.07) is 0. The van der Waals surface area contributed by atoms with E-state index in [9.17, 15) is 4.79 Å². The Morgan fingerprint density at radius 2 is 2.44 bits per heavy atom. The number of nitrogens with zero attached hydrogens (tertiary/aromatic N) is 2. The van der Waals surface area contributed by atoms with Gasteiger partial charge in [0.25, 0.3) is 5.91 Å². The van der Waals surface area contributed by atoms with E-state index in [1.807, 2.05) is 6.92 Å². The third kappa shape index (κ3) is 2.56. The minimum Gasteiger partial charge on any atom is -0.382 e. The lowest BCUT2D eigenvalue weighted by Gasteiger charge is -2.33. The smallest absolute Gasteiger partial charge is 0.255 e. The van der Waals surface area contributed by atoms with Gasteiger partial charge in [-0.3, -0.25) is 4.79 Å². The quantitative estimate of drug-likeness (QED) is 0.845. The van der Waals surface area contributed by atoms with Gasteiger partial charge in [0.15, 0.2) is 5.82 Å². The molecule has 6 nitrogen and oxygen atoms in total. The summed E-state index contributed by atoms with van der Waals surface area (Å²) in [5.74, 6) is -0.296. The van der Waals surface area contributed by atoms with E-state index in [2.05, 4.69) is 9.27 Å². The van der Waals surface area contributed by atoms with Gasteiger partial charge in [-0.2, -0.15) is 4.37 Å². The fourth-order valence-corrected chi connectivity index (χ4v) is 3.09. The second-order valence-electron chi connectivity index (χ2n) is 4.28. The molecule has 0 radical (unpaired) electrons. The summed E-state index contributed by atoms with van der Waals surface area (Å²) in [5, 5.41) is 0.768. The Bertz CT molecular complexity index is 433. The number of anilines is 2. The molecule has 0 aliphatic carbocycles. The lowest BCUT2D eigenvalue weighted by molar-refractivity contribution is 0.0527. The van der Waals surface area contributed by atoms with Gasteiger partial charge in [-0.1, -0.05) is 0 Å². The standard InChI is InChI=1S/C11H18N4O2S/c1-2-17-7-4-3-5-15(6-7)11-8(10(13)16)9(12)14-18-11/h7H,2-6H2,1H3,(H2,12,14)(H2,13,16). The lowest BCUT2D eigenvalue weighted by Crippen LogP contribution is -2.40. The van der Waals surface area contributed by atoms with Crippen molar-refractivity contribution in [1.29, 1.82) is 0 Å². The number of amides is 1. The second-order valence-corrected chi connectivity index (χ2v) is 5.03. The van der Waals surface area contributed by atoms with Crippen LogP contribution >= 0.6 is 11.5 Å². The van der Waals surface area contributed by atoms with Gasteiger partial charge in [-0.25, -0.2) is 0 Å². The van der Waals surface area contributed by atoms with Crippen molar-refractivity contribution in [3.8, 4) is 0 Å². The number of ether oxygens (including phenoxy) is 1. The topological polar surface area (TPSA) is 94.5 Å². The number of primary amides is 1. The maximum absolute atomic E-state index is 11.4. The zero-order valence-electron chi connectivity index (χ0n) is 10.4. The van der Waals surface area contributed by atoms with Crippen LogP contribution in [0.4, 0.5) is 10.8 Å². The minimum absolute atomic E-state index is 0.202. The molecule has 2 rings (SSSR count). The molecule has 1 saturated heterocycles. The molecule has 1 unspecified atom stereocenters. The normalized spacial score (nSPS) is 20.1. The predicted molar refractivity (Wildman–Crippen MR) is 71.9 cm³/mol. The van der Waals surface area contributed by atoms with E-state index in [0.29, 0.717) is 12.2 Å². The van der Waals surface area contributed by atoms with Crippen LogP contribution < -0.4 is 16.4 Å². The molecule has 4 N–H and O–H groups in total. The first-order valence-corrected chi connectivity index (χ1v) is 6.82. The van der Waals surface area contributed by atoms with Crippen LogP contribution in [0.2, 0.25) is 0 Å². The van der Waals surface area contributed by atoms with Crippen LogP contribution in [0.25, 0.3) is 0 Å². The molecule has 0 saturated carbocycles. The first kappa shape index (κ1) is 13.1. The van der Waals surface area contributed by atoms with Gasteiger partial charge in [0.05, 0.1) is 6.10 Å². The van der Waals surface area contributed by atoms with Gasteiger partial charge in [0.2, 0.25) is 0 Å². The molecule has 2 heterocycles. The van der Waals surface area contributed by atoms with Gasteiger partial charge in [0, 0.05) is 19.7 Å². The SMILES string of the molecule is CCOC1CCCN(c2snc(N)c2C(N)=O)C1. The second kappa shape index (κ2) is 5.53. The molecule has 1 amide bonds. The molecule has 1 aliphatic heterocycles. The van der Waals surface area contributed by atoms with Crippen LogP contribution in [0, 0.1) is 0 Å². The Morgan fingerprint density at radius 3 is 3.11 bits per heavy atom. The van der Waals surface area contributed by atoms with Crippen molar-refractivity contribution in [1.82, 2.24) is 4.37 Å². The monoisotopic (exact) mass is 270 g/mol. The molecule has 1 aliphatic rings. The van der Waals surface area contributed by atoms with E-state index in [1.54, 1.807) is 0 Å². The zero-order valence-corrected chi connectivity index (χ0v) is 11.2. The van der Waals surface area contributed by atoms with E-state index in [1.165, 1.54) is 11.5 Å². The number of hydrogen-bond acceptors (Lipinski definition) is 6. The summed E-state index contributed by atoms with van der Waals surface area (Å²) in [7, 11) is 0. The number of nitrogens with two attached hydrogens (primary N) is 2. The van der Waals surface area contributed by atoms with Crippen LogP contribution in [0.5, 0.6) is 0 Å². The number of rotatable bonds is 4. The van der Waals surface area contributed by atoms with Gasteiger partial charge in [0.1, 0.15) is 10.6 Å². The molecule has 18 heavy (non-hydrogen) atoms. The van der Waals surface area contributed by atoms with E-state index < -0.39 is 5.91 Å². The van der Waals surface area contributed by atoms with E-state index in [4.69, 9.17) is 16.2 Å². The van der Waals surface area contributed by atoms with Crippen molar-refractivity contribution in [2.24, 2.45) is 5.73 Å². The van der Waals surface area contributed by atoms with Crippen molar-refractivity contribution < 1.29 is 9.53 Å². The number of nitrogen functional groups attached to an aromatic ring is 1. The fourth-order valence-electron chi connectivity index (χ4n) is 2.24. The number of hydrogen-bond donors (Lipinski definition) is 2. The molecule has 0 spiro atoms. The Kier molecular flexibility index (Phi) is 4.03. The number of aromatic nitrogens is 1. The van der Waals surface area contributed by atoms with Crippen molar-refractivity contribution in [2.45, 2.75) is 25.9 Å². The third-order valence-corrected chi connectivity index (χ3v) is 3.94. The van der Waals surface area contributed by atoms with E-state index in [-0.39, 0.29) is 11.9 Å². The summed E-state index contributed by atoms with van der Waals surface area (Å²) >= 11 is 1.23. The van der Waals surface area contributed by atoms with Gasteiger partial charge < -0.3 is 21.1 Å². The average Bonchev–Trinajstić information content (AvgIpc) is 2.72.